The summed E-state index contributed by atoms with van der Waals surface area (Å²) in [5.41, 5.74) is 0. The van der Waals surface area contributed by atoms with Crippen LogP contribution in [0.25, 0.3) is 0 Å². The van der Waals surface area contributed by atoms with Crippen LogP contribution in [-0.2, 0) is 14.3 Å². The Morgan fingerprint density at radius 2 is 2.09 bits per heavy atom. The number of hydrogen-bond donors (Lipinski definition) is 1. The van der Waals surface area contributed by atoms with E-state index in [4.69, 9.17) is 5.11 Å². The van der Waals surface area contributed by atoms with Gasteiger partial charge in [0.05, 0.1) is 6.61 Å². The maximum Gasteiger partial charge on any atom is 1.00 e. The summed E-state index contributed by atoms with van der Waals surface area (Å²) in [4.78, 5) is 20.2. The minimum Gasteiger partial charge on any atom is -1.00 e. The zero-order valence-electron chi connectivity index (χ0n) is 7.53. The van der Waals surface area contributed by atoms with Gasteiger partial charge in [-0.25, -0.2) is 9.59 Å². The molecule has 0 aliphatic heterocycles. The summed E-state index contributed by atoms with van der Waals surface area (Å²) in [6, 6.07) is 0. The van der Waals surface area contributed by atoms with Gasteiger partial charge in [0, 0.05) is 12.2 Å². The zero-order valence-corrected chi connectivity index (χ0v) is 9.66. The van der Waals surface area contributed by atoms with Crippen LogP contribution in [-0.4, -0.2) is 23.7 Å². The number of hydrogen-bond acceptors (Lipinski definition) is 3. The molecule has 0 bridgehead atoms. The fraction of sp³-hybridized carbons (Fsp3) is 0.333. The number of esters is 1. The van der Waals surface area contributed by atoms with Gasteiger partial charge in [0.25, 0.3) is 0 Å². The Bertz CT molecular complexity index is 169. The van der Waals surface area contributed by atoms with Crippen LogP contribution in [0.3, 0.4) is 0 Å². The summed E-state index contributed by atoms with van der Waals surface area (Å²) >= 11 is 0. The topological polar surface area (TPSA) is 63.6 Å². The van der Waals surface area contributed by atoms with Gasteiger partial charge in [-0.2, -0.15) is 0 Å². The Hall–Kier alpha value is 0.316. The third-order valence-corrected chi connectivity index (χ3v) is 0.649. The molecule has 0 aromatic carbocycles. The molecule has 0 spiro atoms. The first-order chi connectivity index (χ1) is 4.66. The van der Waals surface area contributed by atoms with Crippen LogP contribution in [0.1, 0.15) is 8.35 Å². The minimum atomic E-state index is -1.16. The first-order valence-electron chi connectivity index (χ1n) is 2.74. The molecule has 58 valence electrons. The summed E-state index contributed by atoms with van der Waals surface area (Å²) in [6.07, 6.45) is 1.60. The van der Waals surface area contributed by atoms with Gasteiger partial charge >= 0.3 is 63.3 Å². The molecular formula is C6H9KO4. The van der Waals surface area contributed by atoms with E-state index < -0.39 is 11.9 Å². The van der Waals surface area contributed by atoms with E-state index in [-0.39, 0.29) is 59.4 Å². The van der Waals surface area contributed by atoms with Crippen LogP contribution < -0.4 is 51.4 Å². The Balaban J connectivity index is -0.000000405. The number of carboxylic acids is 1. The molecule has 5 heteroatoms. The fourth-order valence-electron chi connectivity index (χ4n) is 0.330. The average molecular weight is 184 g/mol. The van der Waals surface area contributed by atoms with Crippen molar-refractivity contribution in [1.82, 2.24) is 0 Å². The second kappa shape index (κ2) is 8.41. The van der Waals surface area contributed by atoms with E-state index in [2.05, 4.69) is 4.74 Å². The molecule has 0 saturated heterocycles. The molecule has 4 nitrogen and oxygen atoms in total. The monoisotopic (exact) mass is 184 g/mol. The molecule has 0 atom stereocenters. The van der Waals surface area contributed by atoms with Gasteiger partial charge in [0.1, 0.15) is 0 Å². The predicted molar refractivity (Wildman–Crippen MR) is 34.5 cm³/mol. The van der Waals surface area contributed by atoms with Gasteiger partial charge in [0.15, 0.2) is 0 Å². The van der Waals surface area contributed by atoms with Crippen LogP contribution in [0, 0.1) is 0 Å². The van der Waals surface area contributed by atoms with Gasteiger partial charge < -0.3 is 11.3 Å². The Labute approximate surface area is 109 Å². The van der Waals surface area contributed by atoms with Crippen LogP contribution >= 0.6 is 0 Å². The van der Waals surface area contributed by atoms with E-state index in [1.54, 1.807) is 6.92 Å². The van der Waals surface area contributed by atoms with Crippen molar-refractivity contribution in [3.63, 3.8) is 0 Å². The molecule has 0 aromatic heterocycles. The Kier molecular flexibility index (Phi) is 10.6. The van der Waals surface area contributed by atoms with E-state index >= 15 is 0 Å². The van der Waals surface area contributed by atoms with E-state index in [1.807, 2.05) is 0 Å². The summed E-state index contributed by atoms with van der Waals surface area (Å²) in [5, 5.41) is 8.04. The number of rotatable bonds is 3. The van der Waals surface area contributed by atoms with Crippen molar-refractivity contribution in [1.29, 1.82) is 0 Å². The van der Waals surface area contributed by atoms with Crippen molar-refractivity contribution in [2.24, 2.45) is 0 Å². The fourth-order valence-corrected chi connectivity index (χ4v) is 0.330. The van der Waals surface area contributed by atoms with Crippen LogP contribution in [0.4, 0.5) is 0 Å². The van der Waals surface area contributed by atoms with Crippen molar-refractivity contribution in [2.75, 3.05) is 6.61 Å². The Morgan fingerprint density at radius 3 is 2.45 bits per heavy atom. The first-order valence-corrected chi connectivity index (χ1v) is 2.74. The summed E-state index contributed by atoms with van der Waals surface area (Å²) in [7, 11) is 0. The van der Waals surface area contributed by atoms with Gasteiger partial charge in [0.2, 0.25) is 0 Å². The number of carbonyl (C=O) groups is 2. The second-order valence-corrected chi connectivity index (χ2v) is 1.42. The molecule has 0 unspecified atom stereocenters. The Morgan fingerprint density at radius 1 is 1.55 bits per heavy atom. The van der Waals surface area contributed by atoms with Gasteiger partial charge in [-0.3, -0.25) is 0 Å². The maximum atomic E-state index is 10.4. The third-order valence-electron chi connectivity index (χ3n) is 0.649. The molecule has 0 heterocycles. The molecule has 0 aromatic rings. The van der Waals surface area contributed by atoms with E-state index in [9.17, 15) is 9.59 Å². The molecule has 0 amide bonds. The predicted octanol–water partition coefficient (Wildman–Crippen LogP) is -2.69. The van der Waals surface area contributed by atoms with Crippen LogP contribution in [0.15, 0.2) is 12.2 Å². The summed E-state index contributed by atoms with van der Waals surface area (Å²) in [6.45, 7) is 1.90. The normalized spacial score (nSPS) is 8.82. The SMILES string of the molecule is CCOC(=O)/C=C/C(=O)O.[H-].[K+]. The quantitative estimate of drug-likeness (QED) is 0.295. The maximum absolute atomic E-state index is 10.4. The van der Waals surface area contributed by atoms with Gasteiger partial charge in [-0.05, 0) is 6.92 Å². The smallest absolute Gasteiger partial charge is 1.00 e. The van der Waals surface area contributed by atoms with Crippen molar-refractivity contribution in [3.8, 4) is 0 Å². The number of carbonyl (C=O) groups excluding carboxylic acids is 1. The molecule has 11 heavy (non-hydrogen) atoms. The number of carboxylic acid groups (broad SMARTS) is 1. The zero-order chi connectivity index (χ0) is 7.98. The van der Waals surface area contributed by atoms with E-state index in [0.29, 0.717) is 0 Å². The van der Waals surface area contributed by atoms with Gasteiger partial charge in [-0.1, -0.05) is 0 Å². The van der Waals surface area contributed by atoms with Crippen molar-refractivity contribution >= 4 is 11.9 Å². The molecule has 0 aliphatic carbocycles. The standard InChI is InChI=1S/C6H8O4.K.H/c1-2-10-6(9)4-3-5(7)8;;/h3-4H,2H2,1H3,(H,7,8);;/q;+1;-1/b4-3+;;. The number of ether oxygens (including phenoxy) is 1. The van der Waals surface area contributed by atoms with Crippen LogP contribution in [0.5, 0.6) is 0 Å². The van der Waals surface area contributed by atoms with Gasteiger partial charge in [-0.15, -0.1) is 0 Å². The molecule has 0 radical (unpaired) electrons. The van der Waals surface area contributed by atoms with E-state index in [1.165, 1.54) is 0 Å². The molecular weight excluding hydrogens is 175 g/mol. The minimum absolute atomic E-state index is 0. The van der Waals surface area contributed by atoms with Crippen molar-refractivity contribution in [2.45, 2.75) is 6.92 Å². The van der Waals surface area contributed by atoms with Crippen molar-refractivity contribution < 1.29 is 72.2 Å². The molecule has 0 saturated carbocycles. The summed E-state index contributed by atoms with van der Waals surface area (Å²) < 4.78 is 4.40. The van der Waals surface area contributed by atoms with Crippen molar-refractivity contribution in [3.05, 3.63) is 12.2 Å². The molecule has 0 fully saturated rings. The molecule has 0 rings (SSSR count). The number of aliphatic carboxylic acids is 1. The second-order valence-electron chi connectivity index (χ2n) is 1.42. The average Bonchev–Trinajstić information content (AvgIpc) is 1.85. The molecule has 0 aliphatic rings. The first kappa shape index (κ1) is 13.9. The summed E-state index contributed by atoms with van der Waals surface area (Å²) in [5.74, 6) is -1.79. The van der Waals surface area contributed by atoms with Crippen LogP contribution in [0.2, 0.25) is 0 Å². The van der Waals surface area contributed by atoms with E-state index in [0.717, 1.165) is 12.2 Å². The molecule has 1 N–H and O–H groups in total. The third kappa shape index (κ3) is 10.3. The largest absolute Gasteiger partial charge is 1.00 e.